The summed E-state index contributed by atoms with van der Waals surface area (Å²) in [4.78, 5) is 26.0. The van der Waals surface area contributed by atoms with E-state index in [-0.39, 0.29) is 17.2 Å². The van der Waals surface area contributed by atoms with Gasteiger partial charge in [-0.2, -0.15) is 0 Å². The normalized spacial score (nSPS) is 16.9. The lowest BCUT2D eigenvalue weighted by atomic mass is 10.2. The second-order valence-electron chi connectivity index (χ2n) is 5.34. The molecule has 0 radical (unpaired) electrons. The van der Waals surface area contributed by atoms with E-state index < -0.39 is 12.1 Å². The zero-order chi connectivity index (χ0) is 15.2. The number of phenolic OH excluding ortho intramolecular Hbond substituents is 1. The van der Waals surface area contributed by atoms with Crippen LogP contribution in [0.2, 0.25) is 0 Å². The molecule has 5 heteroatoms. The zero-order valence-electron chi connectivity index (χ0n) is 12.2. The molecule has 0 unspecified atom stereocenters. The Morgan fingerprint density at radius 1 is 1.19 bits per heavy atom. The Balaban J connectivity index is 1.95. The summed E-state index contributed by atoms with van der Waals surface area (Å²) in [5.41, 5.74) is 0.241. The van der Waals surface area contributed by atoms with Gasteiger partial charge in [0.15, 0.2) is 6.10 Å². The summed E-state index contributed by atoms with van der Waals surface area (Å²) in [6.45, 7) is 3.05. The average Bonchev–Trinajstić information content (AvgIpc) is 2.75. The number of rotatable bonds is 3. The highest BCUT2D eigenvalue weighted by molar-refractivity contribution is 5.92. The first-order valence-corrected chi connectivity index (χ1v) is 7.37. The Labute approximate surface area is 124 Å². The number of amides is 1. The molecule has 2 rings (SSSR count). The fourth-order valence-corrected chi connectivity index (χ4v) is 2.46. The van der Waals surface area contributed by atoms with Crippen molar-refractivity contribution in [1.82, 2.24) is 4.90 Å². The molecule has 21 heavy (non-hydrogen) atoms. The predicted octanol–water partition coefficient (Wildman–Crippen LogP) is 2.34. The van der Waals surface area contributed by atoms with Crippen LogP contribution in [0.25, 0.3) is 0 Å². The minimum Gasteiger partial charge on any atom is -0.508 e. The van der Waals surface area contributed by atoms with Gasteiger partial charge in [-0.3, -0.25) is 4.79 Å². The average molecular weight is 291 g/mol. The quantitative estimate of drug-likeness (QED) is 0.868. The van der Waals surface area contributed by atoms with E-state index in [2.05, 4.69) is 0 Å². The molecule has 0 saturated carbocycles. The third-order valence-corrected chi connectivity index (χ3v) is 3.63. The fourth-order valence-electron chi connectivity index (χ4n) is 2.46. The third kappa shape index (κ3) is 4.21. The summed E-state index contributed by atoms with van der Waals surface area (Å²) in [6, 6.07) is 5.91. The highest BCUT2D eigenvalue weighted by Gasteiger charge is 2.24. The lowest BCUT2D eigenvalue weighted by molar-refractivity contribution is -0.139. The van der Waals surface area contributed by atoms with Crippen molar-refractivity contribution in [1.29, 1.82) is 0 Å². The van der Waals surface area contributed by atoms with Gasteiger partial charge in [-0.05, 0) is 38.0 Å². The molecule has 0 aliphatic carbocycles. The van der Waals surface area contributed by atoms with Gasteiger partial charge in [0, 0.05) is 13.1 Å². The molecule has 1 aliphatic heterocycles. The molecule has 1 aliphatic rings. The molecule has 1 saturated heterocycles. The second-order valence-corrected chi connectivity index (χ2v) is 5.34. The largest absolute Gasteiger partial charge is 0.508 e. The molecule has 1 fully saturated rings. The van der Waals surface area contributed by atoms with Gasteiger partial charge in [0.1, 0.15) is 5.75 Å². The molecule has 0 aromatic heterocycles. The number of nitrogens with zero attached hydrogens (tertiary/aromatic N) is 1. The standard InChI is InChI=1S/C16H21NO4/c1-12(15(19)17-9-4-2-3-5-10-17)21-16(20)13-7-6-8-14(18)11-13/h6-8,11-12,18H,2-5,9-10H2,1H3/t12-/m1/s1. The van der Waals surface area contributed by atoms with Crippen molar-refractivity contribution in [2.75, 3.05) is 13.1 Å². The van der Waals surface area contributed by atoms with Gasteiger partial charge in [0.05, 0.1) is 5.56 Å². The summed E-state index contributed by atoms with van der Waals surface area (Å²) in [7, 11) is 0. The van der Waals surface area contributed by atoms with Gasteiger partial charge in [0.25, 0.3) is 5.91 Å². The zero-order valence-corrected chi connectivity index (χ0v) is 12.2. The molecule has 1 aromatic rings. The van der Waals surface area contributed by atoms with Crippen LogP contribution in [0.15, 0.2) is 24.3 Å². The smallest absolute Gasteiger partial charge is 0.339 e. The van der Waals surface area contributed by atoms with Gasteiger partial charge < -0.3 is 14.7 Å². The van der Waals surface area contributed by atoms with Crippen LogP contribution in [0.4, 0.5) is 0 Å². The number of aromatic hydroxyl groups is 1. The Morgan fingerprint density at radius 2 is 1.86 bits per heavy atom. The summed E-state index contributed by atoms with van der Waals surface area (Å²) in [5.74, 6) is -0.747. The molecule has 5 nitrogen and oxygen atoms in total. The molecule has 1 N–H and O–H groups in total. The maximum atomic E-state index is 12.3. The van der Waals surface area contributed by atoms with Crippen LogP contribution in [0.3, 0.4) is 0 Å². The Bertz CT molecular complexity index is 507. The number of hydrogen-bond donors (Lipinski definition) is 1. The van der Waals surface area contributed by atoms with Crippen molar-refractivity contribution in [3.8, 4) is 5.75 Å². The molecular weight excluding hydrogens is 270 g/mol. The number of ether oxygens (including phenoxy) is 1. The van der Waals surface area contributed by atoms with Crippen LogP contribution >= 0.6 is 0 Å². The number of carbonyl (C=O) groups is 2. The van der Waals surface area contributed by atoms with Crippen LogP contribution < -0.4 is 0 Å². The van der Waals surface area contributed by atoms with Crippen LogP contribution in [-0.4, -0.2) is 41.1 Å². The van der Waals surface area contributed by atoms with Crippen LogP contribution in [0, 0.1) is 0 Å². The first-order valence-electron chi connectivity index (χ1n) is 7.37. The molecular formula is C16H21NO4. The molecule has 0 bridgehead atoms. The van der Waals surface area contributed by atoms with Crippen LogP contribution in [0.5, 0.6) is 5.75 Å². The van der Waals surface area contributed by atoms with Gasteiger partial charge in [-0.25, -0.2) is 4.79 Å². The first kappa shape index (κ1) is 15.4. The van der Waals surface area contributed by atoms with Crippen molar-refractivity contribution in [3.63, 3.8) is 0 Å². The van der Waals surface area contributed by atoms with E-state index >= 15 is 0 Å². The first-order chi connectivity index (χ1) is 10.1. The summed E-state index contributed by atoms with van der Waals surface area (Å²) in [5, 5.41) is 9.36. The molecule has 1 amide bonds. The van der Waals surface area contributed by atoms with Crippen molar-refractivity contribution < 1.29 is 19.4 Å². The van der Waals surface area contributed by atoms with Crippen LogP contribution in [-0.2, 0) is 9.53 Å². The predicted molar refractivity (Wildman–Crippen MR) is 78.0 cm³/mol. The van der Waals surface area contributed by atoms with Crippen LogP contribution in [0.1, 0.15) is 43.0 Å². The topological polar surface area (TPSA) is 66.8 Å². The van der Waals surface area contributed by atoms with E-state index in [0.29, 0.717) is 0 Å². The Kier molecular flexibility index (Phi) is 5.20. The summed E-state index contributed by atoms with van der Waals surface area (Å²) >= 11 is 0. The fraction of sp³-hybridized carbons (Fsp3) is 0.500. The lowest BCUT2D eigenvalue weighted by Gasteiger charge is -2.24. The maximum absolute atomic E-state index is 12.3. The van der Waals surface area contributed by atoms with E-state index in [1.165, 1.54) is 12.1 Å². The van der Waals surface area contributed by atoms with Crippen molar-refractivity contribution in [2.45, 2.75) is 38.7 Å². The monoisotopic (exact) mass is 291 g/mol. The van der Waals surface area contributed by atoms with Gasteiger partial charge >= 0.3 is 5.97 Å². The number of carbonyl (C=O) groups excluding carboxylic acids is 2. The number of likely N-dealkylation sites (tertiary alicyclic amines) is 1. The minimum atomic E-state index is -0.807. The van der Waals surface area contributed by atoms with Crippen molar-refractivity contribution in [3.05, 3.63) is 29.8 Å². The molecule has 1 aromatic carbocycles. The minimum absolute atomic E-state index is 0.00375. The molecule has 1 atom stereocenters. The van der Waals surface area contributed by atoms with E-state index in [0.717, 1.165) is 38.8 Å². The molecule has 0 spiro atoms. The summed E-state index contributed by atoms with van der Waals surface area (Å²) in [6.07, 6.45) is 3.47. The Hall–Kier alpha value is -2.04. The number of hydrogen-bond acceptors (Lipinski definition) is 4. The number of benzene rings is 1. The lowest BCUT2D eigenvalue weighted by Crippen LogP contribution is -2.40. The van der Waals surface area contributed by atoms with Gasteiger partial charge in [-0.15, -0.1) is 0 Å². The Morgan fingerprint density at radius 3 is 2.48 bits per heavy atom. The van der Waals surface area contributed by atoms with E-state index in [4.69, 9.17) is 4.74 Å². The van der Waals surface area contributed by atoms with Crippen molar-refractivity contribution >= 4 is 11.9 Å². The van der Waals surface area contributed by atoms with E-state index in [9.17, 15) is 14.7 Å². The van der Waals surface area contributed by atoms with E-state index in [1.54, 1.807) is 24.0 Å². The van der Waals surface area contributed by atoms with Crippen molar-refractivity contribution in [2.24, 2.45) is 0 Å². The third-order valence-electron chi connectivity index (χ3n) is 3.63. The second kappa shape index (κ2) is 7.11. The summed E-state index contributed by atoms with van der Waals surface area (Å²) < 4.78 is 5.21. The number of phenols is 1. The number of esters is 1. The van der Waals surface area contributed by atoms with Gasteiger partial charge in [-0.1, -0.05) is 18.9 Å². The SMILES string of the molecule is C[C@@H](OC(=O)c1cccc(O)c1)C(=O)N1CCCCCC1. The molecule has 114 valence electrons. The molecule has 1 heterocycles. The van der Waals surface area contributed by atoms with E-state index in [1.807, 2.05) is 0 Å². The highest BCUT2D eigenvalue weighted by atomic mass is 16.5. The van der Waals surface area contributed by atoms with Gasteiger partial charge in [0.2, 0.25) is 0 Å². The maximum Gasteiger partial charge on any atom is 0.339 e. The highest BCUT2D eigenvalue weighted by Crippen LogP contribution is 2.15.